The van der Waals surface area contributed by atoms with Crippen LogP contribution in [-0.4, -0.2) is 35.2 Å². The van der Waals surface area contributed by atoms with Crippen molar-refractivity contribution in [1.29, 1.82) is 0 Å². The predicted octanol–water partition coefficient (Wildman–Crippen LogP) is 4.34. The maximum Gasteiger partial charge on any atom is 0.273 e. The molecule has 3 rings (SSSR count). The molecule has 5 N–H and O–H groups in total. The van der Waals surface area contributed by atoms with Gasteiger partial charge in [-0.3, -0.25) is 19.3 Å². The maximum atomic E-state index is 14.1. The van der Waals surface area contributed by atoms with Crippen LogP contribution in [0.4, 0.5) is 11.4 Å². The van der Waals surface area contributed by atoms with E-state index in [9.17, 15) is 14.4 Å². The summed E-state index contributed by atoms with van der Waals surface area (Å²) in [7, 11) is 0. The maximum absolute atomic E-state index is 14.1. The third-order valence-corrected chi connectivity index (χ3v) is 6.88. The first-order chi connectivity index (χ1) is 18.2. The minimum atomic E-state index is -1.03. The summed E-state index contributed by atoms with van der Waals surface area (Å²) in [6.45, 7) is 9.02. The molecule has 1 atom stereocenters. The SMILES string of the molecule is CCOc1ccc(C(C(=O)NCCC(C)C)N(C(=O)c2snc(C(N)=O)c2N)c2ccc(CC)cc2)cc1. The number of rotatable bonds is 12. The molecule has 0 spiro atoms. The molecule has 2 aromatic carbocycles. The number of nitrogens with zero attached hydrogens (tertiary/aromatic N) is 2. The molecule has 0 aliphatic heterocycles. The van der Waals surface area contributed by atoms with Gasteiger partial charge in [0.2, 0.25) is 5.91 Å². The molecule has 1 heterocycles. The Labute approximate surface area is 227 Å². The van der Waals surface area contributed by atoms with Crippen molar-refractivity contribution in [1.82, 2.24) is 9.69 Å². The number of ether oxygens (including phenoxy) is 1. The minimum Gasteiger partial charge on any atom is -0.494 e. The lowest BCUT2D eigenvalue weighted by Gasteiger charge is -2.31. The van der Waals surface area contributed by atoms with E-state index in [0.29, 0.717) is 36.1 Å². The van der Waals surface area contributed by atoms with Gasteiger partial charge in [-0.05, 0) is 72.6 Å². The summed E-state index contributed by atoms with van der Waals surface area (Å²) >= 11 is 0.780. The van der Waals surface area contributed by atoms with E-state index >= 15 is 0 Å². The predicted molar refractivity (Wildman–Crippen MR) is 150 cm³/mol. The first-order valence-corrected chi connectivity index (χ1v) is 13.4. The fourth-order valence-corrected chi connectivity index (χ4v) is 4.67. The number of aryl methyl sites for hydroxylation is 1. The Balaban J connectivity index is 2.15. The van der Waals surface area contributed by atoms with Crippen molar-refractivity contribution in [2.75, 3.05) is 23.8 Å². The van der Waals surface area contributed by atoms with E-state index in [2.05, 4.69) is 23.5 Å². The number of amides is 3. The molecule has 0 saturated heterocycles. The van der Waals surface area contributed by atoms with Crippen LogP contribution >= 0.6 is 11.5 Å². The zero-order valence-electron chi connectivity index (χ0n) is 22.2. The highest BCUT2D eigenvalue weighted by Gasteiger charge is 2.36. The van der Waals surface area contributed by atoms with Crippen LogP contribution < -0.4 is 26.4 Å². The van der Waals surface area contributed by atoms with Gasteiger partial charge >= 0.3 is 0 Å². The van der Waals surface area contributed by atoms with E-state index in [4.69, 9.17) is 16.2 Å². The van der Waals surface area contributed by atoms with Gasteiger partial charge in [-0.25, -0.2) is 0 Å². The molecular formula is C28H35N5O4S. The summed E-state index contributed by atoms with van der Waals surface area (Å²) in [5, 5.41) is 2.99. The van der Waals surface area contributed by atoms with E-state index in [-0.39, 0.29) is 22.2 Å². The van der Waals surface area contributed by atoms with Crippen LogP contribution in [0, 0.1) is 5.92 Å². The number of hydrogen-bond acceptors (Lipinski definition) is 7. The molecule has 0 aliphatic carbocycles. The smallest absolute Gasteiger partial charge is 0.273 e. The van der Waals surface area contributed by atoms with Crippen molar-refractivity contribution >= 4 is 40.6 Å². The Bertz CT molecular complexity index is 1260. The highest BCUT2D eigenvalue weighted by Crippen LogP contribution is 2.34. The highest BCUT2D eigenvalue weighted by atomic mass is 32.1. The number of hydrogen-bond donors (Lipinski definition) is 3. The van der Waals surface area contributed by atoms with Gasteiger partial charge in [0.1, 0.15) is 16.7 Å². The van der Waals surface area contributed by atoms with E-state index in [1.54, 1.807) is 36.4 Å². The number of primary amides is 1. The lowest BCUT2D eigenvalue weighted by Crippen LogP contribution is -2.44. The highest BCUT2D eigenvalue weighted by molar-refractivity contribution is 7.09. The van der Waals surface area contributed by atoms with Gasteiger partial charge in [0, 0.05) is 12.2 Å². The quantitative estimate of drug-likeness (QED) is 0.314. The monoisotopic (exact) mass is 537 g/mol. The summed E-state index contributed by atoms with van der Waals surface area (Å²) in [5.41, 5.74) is 13.4. The molecule has 1 unspecified atom stereocenters. The zero-order valence-corrected chi connectivity index (χ0v) is 23.0. The Morgan fingerprint density at radius 1 is 1.05 bits per heavy atom. The average molecular weight is 538 g/mol. The van der Waals surface area contributed by atoms with Gasteiger partial charge in [0.15, 0.2) is 5.69 Å². The summed E-state index contributed by atoms with van der Waals surface area (Å²) in [6.07, 6.45) is 1.60. The van der Waals surface area contributed by atoms with Crippen molar-refractivity contribution in [2.45, 2.75) is 46.6 Å². The topological polar surface area (TPSA) is 141 Å². The number of carbonyl (C=O) groups is 3. The average Bonchev–Trinajstić information content (AvgIpc) is 3.29. The molecule has 9 nitrogen and oxygen atoms in total. The van der Waals surface area contributed by atoms with Crippen molar-refractivity contribution in [3.63, 3.8) is 0 Å². The van der Waals surface area contributed by atoms with Crippen LogP contribution in [0.2, 0.25) is 0 Å². The zero-order chi connectivity index (χ0) is 27.8. The molecule has 1 aromatic heterocycles. The first kappa shape index (κ1) is 28.6. The second-order valence-corrected chi connectivity index (χ2v) is 9.98. The Morgan fingerprint density at radius 2 is 1.71 bits per heavy atom. The van der Waals surface area contributed by atoms with Gasteiger partial charge in [-0.15, -0.1) is 0 Å². The van der Waals surface area contributed by atoms with Gasteiger partial charge in [-0.2, -0.15) is 4.37 Å². The molecule has 3 amide bonds. The molecule has 202 valence electrons. The van der Waals surface area contributed by atoms with Gasteiger partial charge < -0.3 is 21.5 Å². The third kappa shape index (κ3) is 6.69. The van der Waals surface area contributed by atoms with Crippen LogP contribution in [0.3, 0.4) is 0 Å². The summed E-state index contributed by atoms with van der Waals surface area (Å²) < 4.78 is 9.57. The van der Waals surface area contributed by atoms with Gasteiger partial charge in [0.25, 0.3) is 11.8 Å². The van der Waals surface area contributed by atoms with Crippen molar-refractivity contribution in [2.24, 2.45) is 11.7 Å². The standard InChI is InChI=1S/C28H35N5O4S/c1-5-18-7-11-20(12-8-18)33(28(36)25-22(29)23(26(30)34)32-38-25)24(27(35)31-16-15-17(3)4)19-9-13-21(14-10-19)37-6-2/h7-14,17,24H,5-6,15-16,29H2,1-4H3,(H2,30,34)(H,31,35). The van der Waals surface area contributed by atoms with Crippen LogP contribution in [0.5, 0.6) is 5.75 Å². The minimum absolute atomic E-state index is 0.0317. The molecule has 0 fully saturated rings. The molecule has 10 heteroatoms. The Hall–Kier alpha value is -3.92. The molecule has 38 heavy (non-hydrogen) atoms. The van der Waals surface area contributed by atoms with Crippen LogP contribution in [0.25, 0.3) is 0 Å². The normalized spacial score (nSPS) is 11.7. The van der Waals surface area contributed by atoms with E-state index in [1.807, 2.05) is 26.0 Å². The molecule has 0 saturated carbocycles. The number of nitrogens with one attached hydrogen (secondary N) is 1. The second-order valence-electron chi connectivity index (χ2n) is 9.21. The number of benzene rings is 2. The lowest BCUT2D eigenvalue weighted by atomic mass is 10.0. The number of carbonyl (C=O) groups excluding carboxylic acids is 3. The number of nitrogens with two attached hydrogens (primary N) is 2. The van der Waals surface area contributed by atoms with Crippen molar-refractivity contribution in [3.8, 4) is 5.75 Å². The fraction of sp³-hybridized carbons (Fsp3) is 0.357. The Kier molecular flexibility index (Phi) is 9.84. The second kappa shape index (κ2) is 13.0. The number of anilines is 2. The summed E-state index contributed by atoms with van der Waals surface area (Å²) in [4.78, 5) is 41.0. The molecule has 3 aromatic rings. The fourth-order valence-electron chi connectivity index (χ4n) is 3.93. The van der Waals surface area contributed by atoms with Crippen molar-refractivity contribution < 1.29 is 19.1 Å². The Morgan fingerprint density at radius 3 is 2.24 bits per heavy atom. The van der Waals surface area contributed by atoms with Crippen LogP contribution in [0.15, 0.2) is 48.5 Å². The molecule has 0 radical (unpaired) electrons. The van der Waals surface area contributed by atoms with E-state index in [1.165, 1.54) is 4.90 Å². The van der Waals surface area contributed by atoms with Crippen molar-refractivity contribution in [3.05, 3.63) is 70.2 Å². The van der Waals surface area contributed by atoms with Crippen LogP contribution in [0.1, 0.15) is 71.4 Å². The summed E-state index contributed by atoms with van der Waals surface area (Å²) in [5.74, 6) is -0.692. The van der Waals surface area contributed by atoms with Gasteiger partial charge in [0.05, 0.1) is 12.3 Å². The summed E-state index contributed by atoms with van der Waals surface area (Å²) in [6, 6.07) is 13.4. The largest absolute Gasteiger partial charge is 0.494 e. The van der Waals surface area contributed by atoms with E-state index < -0.39 is 17.9 Å². The van der Waals surface area contributed by atoms with Gasteiger partial charge in [-0.1, -0.05) is 45.0 Å². The molecule has 0 bridgehead atoms. The first-order valence-electron chi connectivity index (χ1n) is 12.7. The van der Waals surface area contributed by atoms with E-state index in [0.717, 1.165) is 29.9 Å². The molecule has 0 aliphatic rings. The molecular weight excluding hydrogens is 502 g/mol. The van der Waals surface area contributed by atoms with Crippen LogP contribution in [-0.2, 0) is 11.2 Å². The third-order valence-electron chi connectivity index (χ3n) is 6.03. The lowest BCUT2D eigenvalue weighted by molar-refractivity contribution is -0.122. The number of aromatic nitrogens is 1. The number of nitrogen functional groups attached to an aromatic ring is 1.